The Labute approximate surface area is 82.3 Å². The maximum atomic E-state index is 8.75. The van der Waals surface area contributed by atoms with E-state index in [1.807, 2.05) is 6.92 Å². The fourth-order valence-electron chi connectivity index (χ4n) is 1.43. The minimum absolute atomic E-state index is 0.0269. The van der Waals surface area contributed by atoms with Crippen LogP contribution in [-0.2, 0) is 0 Å². The van der Waals surface area contributed by atoms with Gasteiger partial charge in [-0.3, -0.25) is 5.32 Å². The zero-order valence-electron chi connectivity index (χ0n) is 9.30. The summed E-state index contributed by atoms with van der Waals surface area (Å²) >= 11 is 0. The molecular formula is C11H22N2. The van der Waals surface area contributed by atoms with Gasteiger partial charge in [0.15, 0.2) is 0 Å². The lowest BCUT2D eigenvalue weighted by atomic mass is 10.00. The Bertz CT molecular complexity index is 160. The van der Waals surface area contributed by atoms with E-state index in [0.29, 0.717) is 6.04 Å². The minimum atomic E-state index is 0.0269. The van der Waals surface area contributed by atoms with Crippen LogP contribution >= 0.6 is 0 Å². The van der Waals surface area contributed by atoms with Crippen molar-refractivity contribution in [2.24, 2.45) is 5.92 Å². The van der Waals surface area contributed by atoms with Gasteiger partial charge in [0.1, 0.15) is 0 Å². The number of nitriles is 1. The molecule has 3 atom stereocenters. The SMILES string of the molecule is CCC(C)CC(C)NC(C#N)CC. The smallest absolute Gasteiger partial charge is 0.0952 e. The molecule has 0 bridgehead atoms. The highest BCUT2D eigenvalue weighted by molar-refractivity contribution is 4.90. The van der Waals surface area contributed by atoms with Crippen molar-refractivity contribution < 1.29 is 0 Å². The molecule has 0 aliphatic heterocycles. The van der Waals surface area contributed by atoms with Crippen LogP contribution in [0, 0.1) is 17.2 Å². The quantitative estimate of drug-likeness (QED) is 0.685. The van der Waals surface area contributed by atoms with Crippen molar-refractivity contribution in [3.8, 4) is 6.07 Å². The van der Waals surface area contributed by atoms with E-state index in [-0.39, 0.29) is 6.04 Å². The van der Waals surface area contributed by atoms with Crippen LogP contribution in [0.5, 0.6) is 0 Å². The summed E-state index contributed by atoms with van der Waals surface area (Å²) in [6.45, 7) is 8.66. The van der Waals surface area contributed by atoms with E-state index in [1.165, 1.54) is 6.42 Å². The average molecular weight is 182 g/mol. The highest BCUT2D eigenvalue weighted by atomic mass is 14.9. The molecule has 0 rings (SSSR count). The molecule has 3 unspecified atom stereocenters. The Morgan fingerprint density at radius 2 is 1.85 bits per heavy atom. The molecule has 0 radical (unpaired) electrons. The van der Waals surface area contributed by atoms with E-state index in [2.05, 4.69) is 32.2 Å². The number of hydrogen-bond donors (Lipinski definition) is 1. The van der Waals surface area contributed by atoms with Gasteiger partial charge in [0.2, 0.25) is 0 Å². The molecule has 0 amide bonds. The first-order chi connectivity index (χ1) is 6.13. The van der Waals surface area contributed by atoms with E-state index in [4.69, 9.17) is 5.26 Å². The summed E-state index contributed by atoms with van der Waals surface area (Å²) in [5, 5.41) is 12.1. The average Bonchev–Trinajstić information content (AvgIpc) is 2.13. The summed E-state index contributed by atoms with van der Waals surface area (Å²) in [6.07, 6.45) is 3.27. The molecule has 0 saturated heterocycles. The van der Waals surface area contributed by atoms with Gasteiger partial charge < -0.3 is 0 Å². The summed E-state index contributed by atoms with van der Waals surface area (Å²) in [7, 11) is 0. The van der Waals surface area contributed by atoms with Gasteiger partial charge >= 0.3 is 0 Å². The van der Waals surface area contributed by atoms with Crippen LogP contribution in [0.4, 0.5) is 0 Å². The number of nitrogens with one attached hydrogen (secondary N) is 1. The van der Waals surface area contributed by atoms with Crippen molar-refractivity contribution in [2.75, 3.05) is 0 Å². The van der Waals surface area contributed by atoms with E-state index >= 15 is 0 Å². The molecular weight excluding hydrogens is 160 g/mol. The van der Waals surface area contributed by atoms with Crippen LogP contribution in [-0.4, -0.2) is 12.1 Å². The van der Waals surface area contributed by atoms with Crippen molar-refractivity contribution in [1.29, 1.82) is 5.26 Å². The second-order valence-electron chi connectivity index (χ2n) is 3.91. The van der Waals surface area contributed by atoms with Crippen molar-refractivity contribution >= 4 is 0 Å². The highest BCUT2D eigenvalue weighted by Gasteiger charge is 2.11. The molecule has 0 spiro atoms. The van der Waals surface area contributed by atoms with Crippen molar-refractivity contribution in [3.63, 3.8) is 0 Å². The topological polar surface area (TPSA) is 35.8 Å². The lowest BCUT2D eigenvalue weighted by Crippen LogP contribution is -2.36. The fraction of sp³-hybridized carbons (Fsp3) is 0.909. The molecule has 13 heavy (non-hydrogen) atoms. The largest absolute Gasteiger partial charge is 0.299 e. The summed E-state index contributed by atoms with van der Waals surface area (Å²) in [5.41, 5.74) is 0. The first-order valence-corrected chi connectivity index (χ1v) is 5.29. The third-order valence-electron chi connectivity index (χ3n) is 2.50. The van der Waals surface area contributed by atoms with Crippen LogP contribution in [0.2, 0.25) is 0 Å². The third kappa shape index (κ3) is 5.65. The molecule has 76 valence electrons. The third-order valence-corrected chi connectivity index (χ3v) is 2.50. The predicted octanol–water partition coefficient (Wildman–Crippen LogP) is 2.70. The normalized spacial score (nSPS) is 17.5. The molecule has 0 saturated carbocycles. The molecule has 2 heteroatoms. The Morgan fingerprint density at radius 3 is 2.23 bits per heavy atom. The predicted molar refractivity (Wildman–Crippen MR) is 56.4 cm³/mol. The summed E-state index contributed by atoms with van der Waals surface area (Å²) in [5.74, 6) is 0.749. The Morgan fingerprint density at radius 1 is 1.23 bits per heavy atom. The molecule has 0 aliphatic rings. The zero-order valence-corrected chi connectivity index (χ0v) is 9.30. The van der Waals surface area contributed by atoms with E-state index in [0.717, 1.165) is 18.8 Å². The summed E-state index contributed by atoms with van der Waals surface area (Å²) in [4.78, 5) is 0. The Balaban J connectivity index is 3.73. The minimum Gasteiger partial charge on any atom is -0.299 e. The second-order valence-corrected chi connectivity index (χ2v) is 3.91. The van der Waals surface area contributed by atoms with Crippen LogP contribution in [0.3, 0.4) is 0 Å². The first kappa shape index (κ1) is 12.4. The molecule has 1 N–H and O–H groups in total. The van der Waals surface area contributed by atoms with Gasteiger partial charge in [0.25, 0.3) is 0 Å². The monoisotopic (exact) mass is 182 g/mol. The lowest BCUT2D eigenvalue weighted by molar-refractivity contribution is 0.393. The number of nitrogens with zero attached hydrogens (tertiary/aromatic N) is 1. The van der Waals surface area contributed by atoms with Crippen molar-refractivity contribution in [1.82, 2.24) is 5.32 Å². The standard InChI is InChI=1S/C11H22N2/c1-5-9(3)7-10(4)13-11(6-2)8-12/h9-11,13H,5-7H2,1-4H3. The highest BCUT2D eigenvalue weighted by Crippen LogP contribution is 2.10. The van der Waals surface area contributed by atoms with E-state index < -0.39 is 0 Å². The van der Waals surface area contributed by atoms with Crippen LogP contribution in [0.15, 0.2) is 0 Å². The zero-order chi connectivity index (χ0) is 10.3. The van der Waals surface area contributed by atoms with E-state index in [1.54, 1.807) is 0 Å². The van der Waals surface area contributed by atoms with Crippen LogP contribution in [0.25, 0.3) is 0 Å². The Hall–Kier alpha value is -0.550. The van der Waals surface area contributed by atoms with Crippen LogP contribution < -0.4 is 5.32 Å². The molecule has 0 aromatic rings. The lowest BCUT2D eigenvalue weighted by Gasteiger charge is -2.19. The maximum absolute atomic E-state index is 8.75. The van der Waals surface area contributed by atoms with Gasteiger partial charge in [-0.15, -0.1) is 0 Å². The van der Waals surface area contributed by atoms with Gasteiger partial charge in [0, 0.05) is 6.04 Å². The summed E-state index contributed by atoms with van der Waals surface area (Å²) < 4.78 is 0. The van der Waals surface area contributed by atoms with Gasteiger partial charge in [0.05, 0.1) is 12.1 Å². The molecule has 2 nitrogen and oxygen atoms in total. The van der Waals surface area contributed by atoms with Gasteiger partial charge in [-0.25, -0.2) is 0 Å². The van der Waals surface area contributed by atoms with Gasteiger partial charge in [-0.05, 0) is 25.7 Å². The van der Waals surface area contributed by atoms with Crippen LogP contribution in [0.1, 0.15) is 47.0 Å². The first-order valence-electron chi connectivity index (χ1n) is 5.29. The molecule has 0 aliphatic carbocycles. The number of rotatable bonds is 6. The van der Waals surface area contributed by atoms with Crippen molar-refractivity contribution in [3.05, 3.63) is 0 Å². The Kier molecular flexibility index (Phi) is 6.62. The van der Waals surface area contributed by atoms with Crippen molar-refractivity contribution in [2.45, 2.75) is 59.0 Å². The molecule has 0 heterocycles. The molecule has 0 fully saturated rings. The van der Waals surface area contributed by atoms with Gasteiger partial charge in [-0.1, -0.05) is 27.2 Å². The fourth-order valence-corrected chi connectivity index (χ4v) is 1.43. The van der Waals surface area contributed by atoms with E-state index in [9.17, 15) is 0 Å². The molecule has 0 aromatic heterocycles. The maximum Gasteiger partial charge on any atom is 0.0952 e. The summed E-state index contributed by atoms with van der Waals surface area (Å²) in [6, 6.07) is 2.75. The number of hydrogen-bond acceptors (Lipinski definition) is 2. The molecule has 0 aromatic carbocycles. The second kappa shape index (κ2) is 6.91. The van der Waals surface area contributed by atoms with Gasteiger partial charge in [-0.2, -0.15) is 5.26 Å².